The molecule has 0 atom stereocenters. The summed E-state index contributed by atoms with van der Waals surface area (Å²) in [6.45, 7) is 0. The van der Waals surface area contributed by atoms with Gasteiger partial charge in [0.1, 0.15) is 0 Å². The summed E-state index contributed by atoms with van der Waals surface area (Å²) in [7, 11) is -4.19. The van der Waals surface area contributed by atoms with Crippen molar-refractivity contribution < 1.29 is 13.3 Å². The molecule has 0 aliphatic rings. The van der Waals surface area contributed by atoms with Crippen LogP contribution in [0.5, 0.6) is 0 Å². The molecule has 0 saturated heterocycles. The van der Waals surface area contributed by atoms with Crippen LogP contribution in [0.1, 0.15) is 0 Å². The average molecular weight is 266 g/mol. The van der Waals surface area contributed by atoms with Crippen molar-refractivity contribution >= 4 is 15.5 Å². The number of nitro groups is 1. The molecule has 0 unspecified atom stereocenters. The molecule has 0 radical (unpaired) electrons. The highest BCUT2D eigenvalue weighted by molar-refractivity contribution is 7.91. The van der Waals surface area contributed by atoms with Gasteiger partial charge in [-0.3, -0.25) is 10.1 Å². The second-order valence-corrected chi connectivity index (χ2v) is 4.88. The molecule has 2 aromatic rings. The van der Waals surface area contributed by atoms with Gasteiger partial charge in [0.05, 0.1) is 4.92 Å². The highest BCUT2D eigenvalue weighted by atomic mass is 32.2. The molecule has 0 amide bonds. The van der Waals surface area contributed by atoms with Gasteiger partial charge in [-0.05, 0) is 12.1 Å². The Kier molecular flexibility index (Phi) is 2.98. The molecule has 0 aliphatic heterocycles. The molecule has 0 bridgehead atoms. The van der Waals surface area contributed by atoms with E-state index in [0.29, 0.717) is 0 Å². The molecule has 18 heavy (non-hydrogen) atoms. The molecule has 92 valence electrons. The topological polar surface area (TPSA) is 116 Å². The molecule has 2 rings (SSSR count). The van der Waals surface area contributed by atoms with E-state index in [2.05, 4.69) is 15.0 Å². The fourth-order valence-electron chi connectivity index (χ4n) is 1.24. The van der Waals surface area contributed by atoms with Gasteiger partial charge in [0.2, 0.25) is 5.03 Å². The number of hydrogen-bond acceptors (Lipinski definition) is 7. The molecule has 9 heteroatoms. The standard InChI is InChI=1S/C9H6N4O4S/c14-13(15)7-3-1-4-10-8(7)18(16,17)9-11-5-2-6-12-9/h1-6H. The largest absolute Gasteiger partial charge is 0.307 e. The molecule has 0 N–H and O–H groups in total. The second kappa shape index (κ2) is 4.45. The van der Waals surface area contributed by atoms with Crippen molar-refractivity contribution in [3.8, 4) is 0 Å². The van der Waals surface area contributed by atoms with Crippen molar-refractivity contribution in [2.45, 2.75) is 10.2 Å². The van der Waals surface area contributed by atoms with Crippen molar-refractivity contribution in [1.29, 1.82) is 0 Å². The zero-order valence-electron chi connectivity index (χ0n) is 8.79. The Morgan fingerprint density at radius 3 is 2.28 bits per heavy atom. The SMILES string of the molecule is O=[N+]([O-])c1cccnc1S(=O)(=O)c1ncccn1. The number of aromatic nitrogens is 3. The van der Waals surface area contributed by atoms with Crippen LogP contribution in [0.15, 0.2) is 47.0 Å². The number of nitrogens with zero attached hydrogens (tertiary/aromatic N) is 4. The summed E-state index contributed by atoms with van der Waals surface area (Å²) >= 11 is 0. The maximum atomic E-state index is 12.1. The summed E-state index contributed by atoms with van der Waals surface area (Å²) in [4.78, 5) is 20.6. The maximum Gasteiger partial charge on any atom is 0.307 e. The van der Waals surface area contributed by atoms with E-state index in [9.17, 15) is 18.5 Å². The minimum Gasteiger partial charge on any atom is -0.258 e. The fraction of sp³-hybridized carbons (Fsp3) is 0. The fourth-order valence-corrected chi connectivity index (χ4v) is 2.43. The Bertz CT molecular complexity index is 687. The molecule has 0 aliphatic carbocycles. The molecule has 0 spiro atoms. The van der Waals surface area contributed by atoms with Crippen LogP contribution in [-0.2, 0) is 9.84 Å². The number of rotatable bonds is 3. The Morgan fingerprint density at radius 2 is 1.67 bits per heavy atom. The smallest absolute Gasteiger partial charge is 0.258 e. The number of sulfone groups is 1. The van der Waals surface area contributed by atoms with Crippen molar-refractivity contribution in [2.24, 2.45) is 0 Å². The molecular weight excluding hydrogens is 260 g/mol. The van der Waals surface area contributed by atoms with Crippen molar-refractivity contribution in [3.05, 3.63) is 46.9 Å². The van der Waals surface area contributed by atoms with Gasteiger partial charge in [0.25, 0.3) is 15.0 Å². The van der Waals surface area contributed by atoms with Gasteiger partial charge >= 0.3 is 5.69 Å². The predicted molar refractivity (Wildman–Crippen MR) is 58.4 cm³/mol. The zero-order chi connectivity index (χ0) is 13.2. The van der Waals surface area contributed by atoms with Gasteiger partial charge in [-0.15, -0.1) is 0 Å². The van der Waals surface area contributed by atoms with E-state index in [0.717, 1.165) is 12.3 Å². The zero-order valence-corrected chi connectivity index (χ0v) is 9.61. The lowest BCUT2D eigenvalue weighted by molar-refractivity contribution is -0.388. The minimum absolute atomic E-state index is 0.521. The predicted octanol–water partition coefficient (Wildman–Crippen LogP) is 0.613. The van der Waals surface area contributed by atoms with Crippen LogP contribution in [0, 0.1) is 10.1 Å². The Balaban J connectivity index is 2.66. The summed E-state index contributed by atoms with van der Waals surface area (Å²) in [5.41, 5.74) is -0.607. The summed E-state index contributed by atoms with van der Waals surface area (Å²) in [5.74, 6) is 0. The summed E-state index contributed by atoms with van der Waals surface area (Å²) in [6, 6.07) is 3.78. The Labute approximate surface area is 101 Å². The van der Waals surface area contributed by atoms with E-state index < -0.39 is 30.6 Å². The molecule has 0 saturated carbocycles. The second-order valence-electron chi connectivity index (χ2n) is 3.12. The third-order valence-electron chi connectivity index (χ3n) is 1.98. The Morgan fingerprint density at radius 1 is 1.06 bits per heavy atom. The van der Waals surface area contributed by atoms with Crippen LogP contribution in [0.3, 0.4) is 0 Å². The number of pyridine rings is 1. The van der Waals surface area contributed by atoms with E-state index in [-0.39, 0.29) is 0 Å². The normalized spacial score (nSPS) is 11.1. The first-order chi connectivity index (χ1) is 8.53. The summed E-state index contributed by atoms with van der Waals surface area (Å²) in [5, 5.41) is 9.57. The molecule has 2 aromatic heterocycles. The molecular formula is C9H6N4O4S. The van der Waals surface area contributed by atoms with E-state index >= 15 is 0 Å². The molecule has 0 fully saturated rings. The summed E-state index contributed by atoms with van der Waals surface area (Å²) < 4.78 is 24.1. The van der Waals surface area contributed by atoms with Gasteiger partial charge in [-0.25, -0.2) is 23.4 Å². The first-order valence-electron chi connectivity index (χ1n) is 4.65. The maximum absolute atomic E-state index is 12.1. The van der Waals surface area contributed by atoms with Crippen LogP contribution >= 0.6 is 0 Å². The van der Waals surface area contributed by atoms with Gasteiger partial charge < -0.3 is 0 Å². The van der Waals surface area contributed by atoms with Gasteiger partial charge in [0.15, 0.2) is 0 Å². The van der Waals surface area contributed by atoms with Crippen molar-refractivity contribution in [2.75, 3.05) is 0 Å². The lowest BCUT2D eigenvalue weighted by Crippen LogP contribution is -2.10. The van der Waals surface area contributed by atoms with Crippen LogP contribution in [0.25, 0.3) is 0 Å². The lowest BCUT2D eigenvalue weighted by atomic mass is 10.4. The van der Waals surface area contributed by atoms with Crippen LogP contribution in [-0.4, -0.2) is 28.3 Å². The van der Waals surface area contributed by atoms with Crippen molar-refractivity contribution in [1.82, 2.24) is 15.0 Å². The van der Waals surface area contributed by atoms with E-state index in [1.54, 1.807) is 0 Å². The van der Waals surface area contributed by atoms with Gasteiger partial charge in [-0.1, -0.05) is 0 Å². The minimum atomic E-state index is -4.19. The highest BCUT2D eigenvalue weighted by Crippen LogP contribution is 2.24. The Hall–Kier alpha value is -2.42. The van der Waals surface area contributed by atoms with Crippen molar-refractivity contribution in [3.63, 3.8) is 0 Å². The molecule has 0 aromatic carbocycles. The van der Waals surface area contributed by atoms with Gasteiger partial charge in [-0.2, -0.15) is 0 Å². The average Bonchev–Trinajstić information content (AvgIpc) is 2.39. The molecule has 8 nitrogen and oxygen atoms in total. The van der Waals surface area contributed by atoms with Crippen LogP contribution in [0.2, 0.25) is 0 Å². The monoisotopic (exact) mass is 266 g/mol. The van der Waals surface area contributed by atoms with E-state index in [4.69, 9.17) is 0 Å². The van der Waals surface area contributed by atoms with Gasteiger partial charge in [0, 0.05) is 24.7 Å². The third-order valence-corrected chi connectivity index (χ3v) is 3.50. The quantitative estimate of drug-likeness (QED) is 0.454. The van der Waals surface area contributed by atoms with E-state index in [1.807, 2.05) is 0 Å². The third kappa shape index (κ3) is 2.02. The molecule has 2 heterocycles. The highest BCUT2D eigenvalue weighted by Gasteiger charge is 2.30. The van der Waals surface area contributed by atoms with E-state index in [1.165, 1.54) is 24.5 Å². The first kappa shape index (κ1) is 12.0. The summed E-state index contributed by atoms with van der Waals surface area (Å²) in [6.07, 6.45) is 3.62. The van der Waals surface area contributed by atoms with Crippen LogP contribution in [0.4, 0.5) is 5.69 Å². The lowest BCUT2D eigenvalue weighted by Gasteiger charge is -2.01. The van der Waals surface area contributed by atoms with Crippen LogP contribution < -0.4 is 0 Å². The first-order valence-corrected chi connectivity index (χ1v) is 6.13. The number of hydrogen-bond donors (Lipinski definition) is 0.